The number of hydrogen-bond acceptors (Lipinski definition) is 4. The SMILES string of the molecule is CCCCN(C)C(=O)c1ccc2c(c1)/C(=C(/Nc1ccc(CN3CCCC3)cc1)c1ccccc1)C(=O)N2. The number of carbonyl (C=O) groups is 2. The van der Waals surface area contributed by atoms with E-state index in [-0.39, 0.29) is 11.8 Å². The van der Waals surface area contributed by atoms with Gasteiger partial charge < -0.3 is 15.5 Å². The van der Waals surface area contributed by atoms with Gasteiger partial charge in [-0.1, -0.05) is 55.8 Å². The summed E-state index contributed by atoms with van der Waals surface area (Å²) in [5.41, 5.74) is 6.39. The number of nitrogens with zero attached hydrogens (tertiary/aromatic N) is 2. The van der Waals surface area contributed by atoms with Crippen molar-refractivity contribution in [2.24, 2.45) is 0 Å². The molecule has 6 nitrogen and oxygen atoms in total. The molecule has 2 heterocycles. The van der Waals surface area contributed by atoms with Gasteiger partial charge in [0.15, 0.2) is 0 Å². The standard InChI is InChI=1S/C32H36N4O2/c1-3-4-18-35(2)32(38)25-14-17-28-27(21-25)29(31(37)34-28)30(24-10-6-5-7-11-24)33-26-15-12-23(13-16-26)22-36-19-8-9-20-36/h5-7,10-17,21,33H,3-4,8-9,18-20,22H2,1-2H3,(H,34,37)/b30-29-. The lowest BCUT2D eigenvalue weighted by atomic mass is 9.98. The highest BCUT2D eigenvalue weighted by molar-refractivity contribution is 6.37. The highest BCUT2D eigenvalue weighted by Crippen LogP contribution is 2.38. The van der Waals surface area contributed by atoms with Gasteiger partial charge in [0.05, 0.1) is 11.3 Å². The van der Waals surface area contributed by atoms with Crippen LogP contribution in [-0.2, 0) is 11.3 Å². The fourth-order valence-corrected chi connectivity index (χ4v) is 5.19. The van der Waals surface area contributed by atoms with Crippen molar-refractivity contribution in [3.05, 3.63) is 95.1 Å². The lowest BCUT2D eigenvalue weighted by molar-refractivity contribution is -0.110. The summed E-state index contributed by atoms with van der Waals surface area (Å²) in [7, 11) is 1.83. The largest absolute Gasteiger partial charge is 0.354 e. The summed E-state index contributed by atoms with van der Waals surface area (Å²) >= 11 is 0. The molecule has 2 amide bonds. The van der Waals surface area contributed by atoms with Gasteiger partial charge in [0, 0.05) is 42.6 Å². The molecule has 2 aliphatic heterocycles. The van der Waals surface area contributed by atoms with Gasteiger partial charge in [0.1, 0.15) is 0 Å². The number of nitrogens with one attached hydrogen (secondary N) is 2. The van der Waals surface area contributed by atoms with Crippen molar-refractivity contribution < 1.29 is 9.59 Å². The Hall–Kier alpha value is -3.90. The molecule has 0 aliphatic carbocycles. The van der Waals surface area contributed by atoms with E-state index in [2.05, 4.69) is 46.7 Å². The van der Waals surface area contributed by atoms with Crippen LogP contribution >= 0.6 is 0 Å². The molecule has 1 fully saturated rings. The number of amides is 2. The van der Waals surface area contributed by atoms with Crippen LogP contribution in [-0.4, -0.2) is 48.3 Å². The van der Waals surface area contributed by atoms with Crippen molar-refractivity contribution in [2.45, 2.75) is 39.2 Å². The minimum absolute atomic E-state index is 0.0391. The molecular weight excluding hydrogens is 472 g/mol. The van der Waals surface area contributed by atoms with Crippen LogP contribution in [0, 0.1) is 0 Å². The molecule has 5 rings (SSSR count). The molecule has 3 aromatic carbocycles. The van der Waals surface area contributed by atoms with Crippen molar-refractivity contribution in [2.75, 3.05) is 37.3 Å². The maximum atomic E-state index is 13.3. The van der Waals surface area contributed by atoms with Gasteiger partial charge in [0.25, 0.3) is 11.8 Å². The topological polar surface area (TPSA) is 64.7 Å². The van der Waals surface area contributed by atoms with Crippen molar-refractivity contribution in [1.82, 2.24) is 9.80 Å². The normalized spacial score (nSPS) is 16.2. The van der Waals surface area contributed by atoms with Crippen LogP contribution in [0.15, 0.2) is 72.8 Å². The van der Waals surface area contributed by atoms with Crippen LogP contribution in [0.2, 0.25) is 0 Å². The van der Waals surface area contributed by atoms with Crippen LogP contribution in [0.5, 0.6) is 0 Å². The predicted octanol–water partition coefficient (Wildman–Crippen LogP) is 6.09. The lowest BCUT2D eigenvalue weighted by Gasteiger charge is -2.18. The van der Waals surface area contributed by atoms with Crippen LogP contribution in [0.25, 0.3) is 11.3 Å². The van der Waals surface area contributed by atoms with E-state index in [9.17, 15) is 9.59 Å². The summed E-state index contributed by atoms with van der Waals surface area (Å²) in [6, 6.07) is 23.8. The van der Waals surface area contributed by atoms with E-state index in [0.29, 0.717) is 23.4 Å². The van der Waals surface area contributed by atoms with Gasteiger partial charge in [0.2, 0.25) is 0 Å². The Morgan fingerprint density at radius 3 is 2.42 bits per heavy atom. The van der Waals surface area contributed by atoms with E-state index < -0.39 is 0 Å². The molecule has 2 N–H and O–H groups in total. The Bertz CT molecular complexity index is 1330. The molecular formula is C32H36N4O2. The third kappa shape index (κ3) is 5.65. The van der Waals surface area contributed by atoms with E-state index in [1.165, 1.54) is 18.4 Å². The summed E-state index contributed by atoms with van der Waals surface area (Å²) in [6.07, 6.45) is 4.54. The molecule has 6 heteroatoms. The number of fused-ring (bicyclic) bond motifs is 1. The van der Waals surface area contributed by atoms with Crippen LogP contribution in [0.3, 0.4) is 0 Å². The van der Waals surface area contributed by atoms with Gasteiger partial charge in [-0.05, 0) is 73.8 Å². The first kappa shape index (κ1) is 25.7. The molecule has 2 aliphatic rings. The van der Waals surface area contributed by atoms with Gasteiger partial charge in [-0.25, -0.2) is 0 Å². The summed E-state index contributed by atoms with van der Waals surface area (Å²) < 4.78 is 0. The summed E-state index contributed by atoms with van der Waals surface area (Å²) in [4.78, 5) is 30.7. The molecule has 3 aromatic rings. The molecule has 1 saturated heterocycles. The monoisotopic (exact) mass is 508 g/mol. The zero-order valence-electron chi connectivity index (χ0n) is 22.3. The molecule has 0 aromatic heterocycles. The Kier molecular flexibility index (Phi) is 7.89. The number of benzene rings is 3. The molecule has 0 spiro atoms. The second-order valence-electron chi connectivity index (χ2n) is 10.2. The number of unbranched alkanes of at least 4 members (excludes halogenated alkanes) is 1. The van der Waals surface area contributed by atoms with Gasteiger partial charge in [-0.15, -0.1) is 0 Å². The van der Waals surface area contributed by atoms with Crippen molar-refractivity contribution in [3.8, 4) is 0 Å². The van der Waals surface area contributed by atoms with E-state index in [4.69, 9.17) is 0 Å². The fourth-order valence-electron chi connectivity index (χ4n) is 5.19. The first-order valence-corrected chi connectivity index (χ1v) is 13.6. The predicted molar refractivity (Wildman–Crippen MR) is 155 cm³/mol. The second-order valence-corrected chi connectivity index (χ2v) is 10.2. The summed E-state index contributed by atoms with van der Waals surface area (Å²) in [5, 5.41) is 6.53. The number of likely N-dealkylation sites (tertiary alicyclic amines) is 1. The van der Waals surface area contributed by atoms with Crippen molar-refractivity contribution in [3.63, 3.8) is 0 Å². The lowest BCUT2D eigenvalue weighted by Crippen LogP contribution is -2.27. The number of rotatable bonds is 9. The molecule has 0 atom stereocenters. The third-order valence-corrected chi connectivity index (χ3v) is 7.35. The zero-order valence-corrected chi connectivity index (χ0v) is 22.3. The average molecular weight is 509 g/mol. The van der Waals surface area contributed by atoms with Gasteiger partial charge in [-0.3, -0.25) is 14.5 Å². The third-order valence-electron chi connectivity index (χ3n) is 7.35. The molecule has 0 saturated carbocycles. The quantitative estimate of drug-likeness (QED) is 0.344. The minimum Gasteiger partial charge on any atom is -0.354 e. The Balaban J connectivity index is 1.49. The Morgan fingerprint density at radius 2 is 1.71 bits per heavy atom. The summed E-state index contributed by atoms with van der Waals surface area (Å²) in [5.74, 6) is -0.219. The number of anilines is 2. The van der Waals surface area contributed by atoms with Crippen LogP contribution in [0.4, 0.5) is 11.4 Å². The van der Waals surface area contributed by atoms with E-state index in [0.717, 1.165) is 55.0 Å². The molecule has 0 unspecified atom stereocenters. The van der Waals surface area contributed by atoms with E-state index >= 15 is 0 Å². The minimum atomic E-state index is -0.180. The maximum absolute atomic E-state index is 13.3. The molecule has 0 bridgehead atoms. The van der Waals surface area contributed by atoms with Gasteiger partial charge >= 0.3 is 0 Å². The second kappa shape index (κ2) is 11.7. The Morgan fingerprint density at radius 1 is 0.974 bits per heavy atom. The van der Waals surface area contributed by atoms with E-state index in [1.54, 1.807) is 11.0 Å². The molecule has 38 heavy (non-hydrogen) atoms. The number of hydrogen-bond donors (Lipinski definition) is 2. The van der Waals surface area contributed by atoms with E-state index in [1.807, 2.05) is 49.5 Å². The zero-order chi connectivity index (χ0) is 26.5. The summed E-state index contributed by atoms with van der Waals surface area (Å²) in [6.45, 7) is 6.11. The highest BCUT2D eigenvalue weighted by Gasteiger charge is 2.30. The van der Waals surface area contributed by atoms with Crippen molar-refractivity contribution in [1.29, 1.82) is 0 Å². The Labute approximate surface area is 225 Å². The van der Waals surface area contributed by atoms with Crippen molar-refractivity contribution >= 4 is 34.5 Å². The number of carbonyl (C=O) groups excluding carboxylic acids is 2. The molecule has 0 radical (unpaired) electrons. The average Bonchev–Trinajstić information content (AvgIpc) is 3.57. The maximum Gasteiger partial charge on any atom is 0.258 e. The van der Waals surface area contributed by atoms with Crippen LogP contribution < -0.4 is 10.6 Å². The first-order chi connectivity index (χ1) is 18.5. The first-order valence-electron chi connectivity index (χ1n) is 13.6. The molecule has 196 valence electrons. The van der Waals surface area contributed by atoms with Crippen LogP contribution in [0.1, 0.15) is 59.7 Å². The smallest absolute Gasteiger partial charge is 0.258 e. The van der Waals surface area contributed by atoms with Gasteiger partial charge in [-0.2, -0.15) is 0 Å². The fraction of sp³-hybridized carbons (Fsp3) is 0.312. The highest BCUT2D eigenvalue weighted by atomic mass is 16.2.